The lowest BCUT2D eigenvalue weighted by atomic mass is 9.88. The molecule has 1 heteroatoms. The lowest BCUT2D eigenvalue weighted by molar-refractivity contribution is 0.405. The van der Waals surface area contributed by atoms with Crippen LogP contribution in [0.3, 0.4) is 0 Å². The van der Waals surface area contributed by atoms with E-state index in [-0.39, 0.29) is 0 Å². The van der Waals surface area contributed by atoms with E-state index in [9.17, 15) is 0 Å². The van der Waals surface area contributed by atoms with Crippen LogP contribution >= 0.6 is 0 Å². The van der Waals surface area contributed by atoms with Gasteiger partial charge in [-0.3, -0.25) is 0 Å². The quantitative estimate of drug-likeness (QED) is 0.889. The van der Waals surface area contributed by atoms with Crippen molar-refractivity contribution in [1.82, 2.24) is 5.32 Å². The Morgan fingerprint density at radius 3 is 2.57 bits per heavy atom. The van der Waals surface area contributed by atoms with E-state index >= 15 is 0 Å². The maximum Gasteiger partial charge on any atom is 0.0113 e. The molecule has 21 heavy (non-hydrogen) atoms. The van der Waals surface area contributed by atoms with Crippen molar-refractivity contribution in [3.63, 3.8) is 0 Å². The van der Waals surface area contributed by atoms with E-state index in [0.29, 0.717) is 12.1 Å². The Morgan fingerprint density at radius 1 is 1.05 bits per heavy atom. The van der Waals surface area contributed by atoms with Crippen LogP contribution in [0, 0.1) is 6.92 Å². The van der Waals surface area contributed by atoms with Crippen molar-refractivity contribution in [3.05, 3.63) is 70.8 Å². The third-order valence-corrected chi connectivity index (χ3v) is 4.65. The number of aryl methyl sites for hydroxylation is 2. The first-order valence-corrected chi connectivity index (χ1v) is 8.09. The second-order valence-corrected chi connectivity index (χ2v) is 6.41. The Labute approximate surface area is 128 Å². The van der Waals surface area contributed by atoms with E-state index in [2.05, 4.69) is 67.7 Å². The standard InChI is InChI=1S/C20H25N/c1-15-7-3-4-9-18(15)13-16(2)21-20-12-11-17-8-5-6-10-19(17)14-20/h3-10,16,20-21H,11-14H2,1-2H3. The molecule has 0 aromatic heterocycles. The molecule has 0 amide bonds. The molecule has 0 aliphatic heterocycles. The number of nitrogens with one attached hydrogen (secondary N) is 1. The van der Waals surface area contributed by atoms with Crippen molar-refractivity contribution in [2.75, 3.05) is 0 Å². The highest BCUT2D eigenvalue weighted by molar-refractivity contribution is 5.30. The Morgan fingerprint density at radius 2 is 1.76 bits per heavy atom. The summed E-state index contributed by atoms with van der Waals surface area (Å²) in [6.45, 7) is 4.52. The van der Waals surface area contributed by atoms with Crippen LogP contribution in [0.5, 0.6) is 0 Å². The summed E-state index contributed by atoms with van der Waals surface area (Å²) in [5.41, 5.74) is 5.94. The molecule has 0 fully saturated rings. The molecule has 110 valence electrons. The molecule has 0 heterocycles. The van der Waals surface area contributed by atoms with Gasteiger partial charge in [0.2, 0.25) is 0 Å². The SMILES string of the molecule is Cc1ccccc1CC(C)NC1CCc2ccccc2C1. The summed E-state index contributed by atoms with van der Waals surface area (Å²) in [6, 6.07) is 18.8. The van der Waals surface area contributed by atoms with Gasteiger partial charge < -0.3 is 5.32 Å². The fourth-order valence-corrected chi connectivity index (χ4v) is 3.47. The fraction of sp³-hybridized carbons (Fsp3) is 0.400. The molecule has 3 rings (SSSR count). The molecule has 0 spiro atoms. The normalized spacial score (nSPS) is 19.0. The van der Waals surface area contributed by atoms with Crippen LogP contribution in [0.25, 0.3) is 0 Å². The molecular formula is C20H25N. The highest BCUT2D eigenvalue weighted by Gasteiger charge is 2.19. The van der Waals surface area contributed by atoms with Crippen LogP contribution in [0.1, 0.15) is 35.6 Å². The summed E-state index contributed by atoms with van der Waals surface area (Å²) < 4.78 is 0. The van der Waals surface area contributed by atoms with Gasteiger partial charge in [-0.15, -0.1) is 0 Å². The van der Waals surface area contributed by atoms with Crippen molar-refractivity contribution in [1.29, 1.82) is 0 Å². The summed E-state index contributed by atoms with van der Waals surface area (Å²) in [4.78, 5) is 0. The van der Waals surface area contributed by atoms with Crippen LogP contribution in [0.4, 0.5) is 0 Å². The van der Waals surface area contributed by atoms with Crippen molar-refractivity contribution in [2.45, 2.75) is 51.6 Å². The molecular weight excluding hydrogens is 254 g/mol. The average Bonchev–Trinajstić information content (AvgIpc) is 2.49. The first-order chi connectivity index (χ1) is 10.2. The molecule has 0 saturated heterocycles. The van der Waals surface area contributed by atoms with Gasteiger partial charge in [-0.2, -0.15) is 0 Å². The van der Waals surface area contributed by atoms with Crippen molar-refractivity contribution >= 4 is 0 Å². The number of hydrogen-bond acceptors (Lipinski definition) is 1. The molecule has 2 atom stereocenters. The summed E-state index contributed by atoms with van der Waals surface area (Å²) in [5.74, 6) is 0. The van der Waals surface area contributed by atoms with Crippen molar-refractivity contribution < 1.29 is 0 Å². The number of hydrogen-bond donors (Lipinski definition) is 1. The van der Waals surface area contributed by atoms with E-state index in [0.717, 1.165) is 6.42 Å². The predicted molar refractivity (Wildman–Crippen MR) is 89.7 cm³/mol. The van der Waals surface area contributed by atoms with Crippen molar-refractivity contribution in [2.24, 2.45) is 0 Å². The third-order valence-electron chi connectivity index (χ3n) is 4.65. The molecule has 0 bridgehead atoms. The molecule has 1 nitrogen and oxygen atoms in total. The number of fused-ring (bicyclic) bond motifs is 1. The van der Waals surface area contributed by atoms with E-state index in [1.165, 1.54) is 36.0 Å². The minimum absolute atomic E-state index is 0.529. The van der Waals surface area contributed by atoms with Crippen molar-refractivity contribution in [3.8, 4) is 0 Å². The first-order valence-electron chi connectivity index (χ1n) is 8.09. The molecule has 0 saturated carbocycles. The zero-order valence-corrected chi connectivity index (χ0v) is 13.1. The molecule has 1 N–H and O–H groups in total. The lowest BCUT2D eigenvalue weighted by Gasteiger charge is -2.28. The molecule has 2 aromatic rings. The summed E-state index contributed by atoms with van der Waals surface area (Å²) in [5, 5.41) is 3.84. The largest absolute Gasteiger partial charge is 0.311 e. The second kappa shape index (κ2) is 6.44. The predicted octanol–water partition coefficient (Wildman–Crippen LogP) is 4.07. The number of rotatable bonds is 4. The van der Waals surface area contributed by atoms with Crippen LogP contribution in [0.2, 0.25) is 0 Å². The Kier molecular flexibility index (Phi) is 4.40. The molecule has 1 aliphatic rings. The minimum atomic E-state index is 0.529. The van der Waals surface area contributed by atoms with Gasteiger partial charge in [0.05, 0.1) is 0 Å². The lowest BCUT2D eigenvalue weighted by Crippen LogP contribution is -2.41. The highest BCUT2D eigenvalue weighted by atomic mass is 14.9. The zero-order chi connectivity index (χ0) is 14.7. The van der Waals surface area contributed by atoms with Crippen LogP contribution in [0.15, 0.2) is 48.5 Å². The van der Waals surface area contributed by atoms with Crippen LogP contribution in [-0.4, -0.2) is 12.1 Å². The monoisotopic (exact) mass is 279 g/mol. The Balaban J connectivity index is 1.59. The Bertz CT molecular complexity index is 602. The van der Waals surface area contributed by atoms with Gasteiger partial charge in [0, 0.05) is 12.1 Å². The molecule has 2 aromatic carbocycles. The van der Waals surface area contributed by atoms with Gasteiger partial charge in [0.25, 0.3) is 0 Å². The third kappa shape index (κ3) is 3.54. The van der Waals surface area contributed by atoms with Gasteiger partial charge in [-0.1, -0.05) is 48.5 Å². The first kappa shape index (κ1) is 14.3. The maximum atomic E-state index is 3.84. The van der Waals surface area contributed by atoms with Gasteiger partial charge in [-0.25, -0.2) is 0 Å². The molecule has 1 aliphatic carbocycles. The zero-order valence-electron chi connectivity index (χ0n) is 13.1. The molecule has 0 radical (unpaired) electrons. The van der Waals surface area contributed by atoms with E-state index < -0.39 is 0 Å². The van der Waals surface area contributed by atoms with Crippen LogP contribution < -0.4 is 5.32 Å². The number of benzene rings is 2. The highest BCUT2D eigenvalue weighted by Crippen LogP contribution is 2.21. The fourth-order valence-electron chi connectivity index (χ4n) is 3.47. The summed E-state index contributed by atoms with van der Waals surface area (Å²) in [7, 11) is 0. The summed E-state index contributed by atoms with van der Waals surface area (Å²) >= 11 is 0. The van der Waals surface area contributed by atoms with Gasteiger partial charge in [0.1, 0.15) is 0 Å². The topological polar surface area (TPSA) is 12.0 Å². The van der Waals surface area contributed by atoms with Crippen LogP contribution in [-0.2, 0) is 19.3 Å². The van der Waals surface area contributed by atoms with Gasteiger partial charge in [0.15, 0.2) is 0 Å². The summed E-state index contributed by atoms with van der Waals surface area (Å²) in [6.07, 6.45) is 4.76. The van der Waals surface area contributed by atoms with Gasteiger partial charge in [-0.05, 0) is 61.8 Å². The van der Waals surface area contributed by atoms with E-state index in [1.807, 2.05) is 0 Å². The average molecular weight is 279 g/mol. The minimum Gasteiger partial charge on any atom is -0.311 e. The van der Waals surface area contributed by atoms with E-state index in [4.69, 9.17) is 0 Å². The second-order valence-electron chi connectivity index (χ2n) is 6.41. The maximum absolute atomic E-state index is 3.84. The molecule has 2 unspecified atom stereocenters. The van der Waals surface area contributed by atoms with Gasteiger partial charge >= 0.3 is 0 Å². The van der Waals surface area contributed by atoms with E-state index in [1.54, 1.807) is 5.56 Å². The Hall–Kier alpha value is -1.60. The smallest absolute Gasteiger partial charge is 0.0113 e.